The Labute approximate surface area is 80.5 Å². The van der Waals surface area contributed by atoms with Crippen molar-refractivity contribution >= 4 is 10.1 Å². The molecule has 1 aliphatic rings. The van der Waals surface area contributed by atoms with Crippen LogP contribution < -0.4 is 5.32 Å². The molecular weight excluding hydrogens is 190 g/mol. The number of hydrogen-bond acceptors (Lipinski definition) is 3. The summed E-state index contributed by atoms with van der Waals surface area (Å²) in [5.41, 5.74) is 0. The van der Waals surface area contributed by atoms with E-state index in [2.05, 4.69) is 19.2 Å². The smallest absolute Gasteiger partial charge is 0.267 e. The molecule has 0 aromatic heterocycles. The lowest BCUT2D eigenvalue weighted by molar-refractivity contribution is 0.432. The average molecular weight is 209 g/mol. The Morgan fingerprint density at radius 1 is 1.31 bits per heavy atom. The predicted octanol–water partition coefficient (Wildman–Crippen LogP) is 1.04. The molecule has 0 atom stereocenters. The quantitative estimate of drug-likeness (QED) is 0.633. The lowest BCUT2D eigenvalue weighted by atomic mass is 10.2. The van der Waals surface area contributed by atoms with Gasteiger partial charge in [0.05, 0.1) is 5.25 Å². The van der Waals surface area contributed by atoms with E-state index in [1.54, 1.807) is 0 Å². The highest BCUT2D eigenvalue weighted by molar-refractivity contribution is 7.86. The van der Waals surface area contributed by atoms with E-state index >= 15 is 0 Å². The van der Waals surface area contributed by atoms with Crippen LogP contribution in [-0.2, 0) is 10.1 Å². The molecule has 0 radical (unpaired) electrons. The van der Waals surface area contributed by atoms with Gasteiger partial charge in [-0.1, -0.05) is 20.3 Å². The van der Waals surface area contributed by atoms with Gasteiger partial charge in [0.15, 0.2) is 0 Å². The molecule has 0 aromatic carbocycles. The third kappa shape index (κ3) is 6.01. The van der Waals surface area contributed by atoms with Crippen LogP contribution in [0.1, 0.15) is 33.1 Å². The highest BCUT2D eigenvalue weighted by atomic mass is 32.2. The van der Waals surface area contributed by atoms with Crippen molar-refractivity contribution in [3.8, 4) is 0 Å². The van der Waals surface area contributed by atoms with Gasteiger partial charge in [0.25, 0.3) is 10.1 Å². The minimum Gasteiger partial charge on any atom is -0.317 e. The van der Waals surface area contributed by atoms with E-state index in [9.17, 15) is 8.42 Å². The van der Waals surface area contributed by atoms with Gasteiger partial charge in [-0.2, -0.15) is 8.42 Å². The molecule has 1 saturated heterocycles. The molecule has 0 aliphatic carbocycles. The van der Waals surface area contributed by atoms with E-state index in [4.69, 9.17) is 4.55 Å². The Bertz CT molecular complexity index is 207. The molecule has 0 aromatic rings. The van der Waals surface area contributed by atoms with Gasteiger partial charge in [0.1, 0.15) is 0 Å². The topological polar surface area (TPSA) is 66.4 Å². The van der Waals surface area contributed by atoms with E-state index in [1.807, 2.05) is 0 Å². The van der Waals surface area contributed by atoms with Crippen LogP contribution in [0.2, 0.25) is 0 Å². The Hall–Kier alpha value is -0.130. The molecule has 5 heteroatoms. The van der Waals surface area contributed by atoms with Crippen LogP contribution in [0.3, 0.4) is 0 Å². The highest BCUT2D eigenvalue weighted by Gasteiger charge is 2.24. The summed E-state index contributed by atoms with van der Waals surface area (Å²) in [6, 6.07) is 0. The van der Waals surface area contributed by atoms with Gasteiger partial charge in [-0.25, -0.2) is 0 Å². The maximum absolute atomic E-state index is 10.5. The molecule has 1 fully saturated rings. The summed E-state index contributed by atoms with van der Waals surface area (Å²) in [5, 5.41) is 2.48. The van der Waals surface area contributed by atoms with Crippen LogP contribution in [-0.4, -0.2) is 31.3 Å². The van der Waals surface area contributed by atoms with Crippen LogP contribution in [0.5, 0.6) is 0 Å². The first-order valence-electron chi connectivity index (χ1n) is 4.69. The normalized spacial score (nSPS) is 19.0. The van der Waals surface area contributed by atoms with Crippen molar-refractivity contribution in [3.63, 3.8) is 0 Å². The second kappa shape index (κ2) is 6.34. The summed E-state index contributed by atoms with van der Waals surface area (Å²) in [7, 11) is -3.77. The van der Waals surface area contributed by atoms with Crippen molar-refractivity contribution in [2.45, 2.75) is 38.4 Å². The third-order valence-corrected chi connectivity index (χ3v) is 3.02. The molecule has 0 bridgehead atoms. The minimum atomic E-state index is -3.77. The zero-order valence-electron chi connectivity index (χ0n) is 8.28. The molecular formula is C8H19NO3S. The standard InChI is InChI=1S/C5H11NO3S.C3H8/c7-10(8,9)5-1-3-6-4-2-5;1-3-2/h5-6H,1-4H2,(H,7,8,9);3H2,1-2H3. The summed E-state index contributed by atoms with van der Waals surface area (Å²) >= 11 is 0. The fourth-order valence-electron chi connectivity index (χ4n) is 1.09. The van der Waals surface area contributed by atoms with Crippen LogP contribution in [0.25, 0.3) is 0 Å². The van der Waals surface area contributed by atoms with E-state index in [-0.39, 0.29) is 0 Å². The van der Waals surface area contributed by atoms with E-state index < -0.39 is 15.4 Å². The fourth-order valence-corrected chi connectivity index (χ4v) is 1.92. The van der Waals surface area contributed by atoms with E-state index in [0.29, 0.717) is 25.9 Å². The maximum Gasteiger partial charge on any atom is 0.267 e. The first-order chi connectivity index (χ1) is 6.02. The second-order valence-corrected chi connectivity index (χ2v) is 4.87. The third-order valence-electron chi connectivity index (χ3n) is 1.71. The van der Waals surface area contributed by atoms with Gasteiger partial charge >= 0.3 is 0 Å². The monoisotopic (exact) mass is 209 g/mol. The van der Waals surface area contributed by atoms with Crippen LogP contribution in [0.4, 0.5) is 0 Å². The molecule has 1 aliphatic heterocycles. The van der Waals surface area contributed by atoms with Crippen LogP contribution >= 0.6 is 0 Å². The van der Waals surface area contributed by atoms with Crippen LogP contribution in [0.15, 0.2) is 0 Å². The zero-order chi connectivity index (χ0) is 10.3. The van der Waals surface area contributed by atoms with Crippen molar-refractivity contribution in [1.29, 1.82) is 0 Å². The highest BCUT2D eigenvalue weighted by Crippen LogP contribution is 2.10. The van der Waals surface area contributed by atoms with Gasteiger partial charge in [0, 0.05) is 0 Å². The summed E-state index contributed by atoms with van der Waals surface area (Å²) in [6.45, 7) is 5.62. The summed E-state index contributed by atoms with van der Waals surface area (Å²) in [6.07, 6.45) is 2.30. The molecule has 2 N–H and O–H groups in total. The minimum absolute atomic E-state index is 0.527. The van der Waals surface area contributed by atoms with E-state index in [1.165, 1.54) is 6.42 Å². The molecule has 0 saturated carbocycles. The zero-order valence-corrected chi connectivity index (χ0v) is 9.10. The number of nitrogens with one attached hydrogen (secondary N) is 1. The number of piperidine rings is 1. The fraction of sp³-hybridized carbons (Fsp3) is 1.00. The Morgan fingerprint density at radius 2 is 1.69 bits per heavy atom. The first kappa shape index (κ1) is 12.9. The molecule has 1 heterocycles. The Kier molecular flexibility index (Phi) is 6.28. The molecule has 1 rings (SSSR count). The largest absolute Gasteiger partial charge is 0.317 e. The first-order valence-corrected chi connectivity index (χ1v) is 6.19. The lowest BCUT2D eigenvalue weighted by Crippen LogP contribution is -2.35. The van der Waals surface area contributed by atoms with Crippen molar-refractivity contribution < 1.29 is 13.0 Å². The van der Waals surface area contributed by atoms with Gasteiger partial charge in [-0.3, -0.25) is 4.55 Å². The number of rotatable bonds is 1. The van der Waals surface area contributed by atoms with Crippen molar-refractivity contribution in [1.82, 2.24) is 5.32 Å². The SMILES string of the molecule is CCC.O=S(=O)(O)C1CCNCC1. The van der Waals surface area contributed by atoms with Gasteiger partial charge < -0.3 is 5.32 Å². The molecule has 0 spiro atoms. The Balaban J connectivity index is 0.000000424. The Morgan fingerprint density at radius 3 is 1.92 bits per heavy atom. The van der Waals surface area contributed by atoms with E-state index in [0.717, 1.165) is 0 Å². The maximum atomic E-state index is 10.5. The summed E-state index contributed by atoms with van der Waals surface area (Å²) < 4.78 is 29.6. The summed E-state index contributed by atoms with van der Waals surface area (Å²) in [4.78, 5) is 0. The predicted molar refractivity (Wildman–Crippen MR) is 53.4 cm³/mol. The summed E-state index contributed by atoms with van der Waals surface area (Å²) in [5.74, 6) is 0. The average Bonchev–Trinajstić information content (AvgIpc) is 2.06. The molecule has 0 unspecified atom stereocenters. The van der Waals surface area contributed by atoms with Crippen molar-refractivity contribution in [2.75, 3.05) is 13.1 Å². The molecule has 13 heavy (non-hydrogen) atoms. The van der Waals surface area contributed by atoms with Gasteiger partial charge in [-0.05, 0) is 25.9 Å². The second-order valence-electron chi connectivity index (χ2n) is 3.17. The molecule has 4 nitrogen and oxygen atoms in total. The van der Waals surface area contributed by atoms with Gasteiger partial charge in [-0.15, -0.1) is 0 Å². The molecule has 80 valence electrons. The lowest BCUT2D eigenvalue weighted by Gasteiger charge is -2.19. The van der Waals surface area contributed by atoms with Gasteiger partial charge in [0.2, 0.25) is 0 Å². The molecule has 0 amide bonds. The van der Waals surface area contributed by atoms with Crippen molar-refractivity contribution in [2.24, 2.45) is 0 Å². The van der Waals surface area contributed by atoms with Crippen molar-refractivity contribution in [3.05, 3.63) is 0 Å². The number of hydrogen-bond donors (Lipinski definition) is 2. The van der Waals surface area contributed by atoms with Crippen LogP contribution in [0, 0.1) is 0 Å².